The van der Waals surface area contributed by atoms with Gasteiger partial charge in [-0.05, 0) is 12.1 Å². The van der Waals surface area contributed by atoms with Crippen LogP contribution in [0.1, 0.15) is 10.4 Å². The maximum Gasteiger partial charge on any atom is 0.253 e. The molecule has 1 amide bonds. The zero-order valence-electron chi connectivity index (χ0n) is 10.3. The molecule has 0 aliphatic carbocycles. The molecule has 0 bridgehead atoms. The number of para-hydroxylation sites is 1. The first-order chi connectivity index (χ1) is 8.79. The number of carbonyl (C=O) groups is 1. The van der Waals surface area contributed by atoms with Gasteiger partial charge in [0.2, 0.25) is 0 Å². The lowest BCUT2D eigenvalue weighted by Crippen LogP contribution is -2.28. The van der Waals surface area contributed by atoms with Gasteiger partial charge in [-0.3, -0.25) is 4.79 Å². The van der Waals surface area contributed by atoms with Crippen molar-refractivity contribution in [3.63, 3.8) is 0 Å². The van der Waals surface area contributed by atoms with Crippen LogP contribution in [0.15, 0.2) is 24.3 Å². The van der Waals surface area contributed by atoms with Crippen LogP contribution in [0.4, 0.5) is 5.69 Å². The molecule has 0 aromatic heterocycles. The van der Waals surface area contributed by atoms with Crippen molar-refractivity contribution in [1.82, 2.24) is 5.32 Å². The van der Waals surface area contributed by atoms with Crippen molar-refractivity contribution in [2.75, 3.05) is 38.2 Å². The van der Waals surface area contributed by atoms with Crippen LogP contribution in [-0.4, -0.2) is 39.4 Å². The first-order valence-electron chi connectivity index (χ1n) is 5.63. The minimum Gasteiger partial charge on any atom is -0.382 e. The molecule has 0 aliphatic rings. The Balaban J connectivity index is 2.32. The molecule has 1 aromatic carbocycles. The number of rotatable bonds is 8. The highest BCUT2D eigenvalue weighted by atomic mass is 32.1. The van der Waals surface area contributed by atoms with Gasteiger partial charge < -0.3 is 19.5 Å². The van der Waals surface area contributed by atoms with E-state index in [-0.39, 0.29) is 5.91 Å². The molecule has 0 spiro atoms. The number of nitrogens with one attached hydrogen (secondary N) is 2. The van der Waals surface area contributed by atoms with Gasteiger partial charge in [-0.1, -0.05) is 24.9 Å². The van der Waals surface area contributed by atoms with Crippen LogP contribution in [0.3, 0.4) is 0 Å². The Labute approximate surface area is 112 Å². The van der Waals surface area contributed by atoms with Crippen molar-refractivity contribution >= 4 is 24.4 Å². The van der Waals surface area contributed by atoms with Crippen molar-refractivity contribution < 1.29 is 14.3 Å². The highest BCUT2D eigenvalue weighted by Gasteiger charge is 2.08. The van der Waals surface area contributed by atoms with Crippen LogP contribution in [-0.2, 0) is 9.47 Å². The first kappa shape index (κ1) is 14.8. The van der Waals surface area contributed by atoms with E-state index in [4.69, 9.17) is 9.47 Å². The second kappa shape index (κ2) is 8.79. The quantitative estimate of drug-likeness (QED) is 0.493. The first-order valence-corrected chi connectivity index (χ1v) is 6.08. The largest absolute Gasteiger partial charge is 0.382 e. The van der Waals surface area contributed by atoms with E-state index in [1.165, 1.54) is 0 Å². The third-order valence-electron chi connectivity index (χ3n) is 2.26. The molecule has 18 heavy (non-hydrogen) atoms. The zero-order chi connectivity index (χ0) is 13.2. The summed E-state index contributed by atoms with van der Waals surface area (Å²) in [5, 5.41) is 2.77. The topological polar surface area (TPSA) is 59.6 Å². The lowest BCUT2D eigenvalue weighted by molar-refractivity contribution is 0.0693. The maximum atomic E-state index is 11.8. The Hall–Kier alpha value is -1.24. The summed E-state index contributed by atoms with van der Waals surface area (Å²) in [7, 11) is 1.62. The van der Waals surface area contributed by atoms with Gasteiger partial charge in [-0.25, -0.2) is 0 Å². The second-order valence-corrected chi connectivity index (χ2v) is 3.74. The van der Waals surface area contributed by atoms with Gasteiger partial charge in [-0.2, -0.15) is 0 Å². The van der Waals surface area contributed by atoms with Crippen molar-refractivity contribution in [2.45, 2.75) is 0 Å². The molecule has 0 fully saturated rings. The highest BCUT2D eigenvalue weighted by Crippen LogP contribution is 2.15. The number of methoxy groups -OCH3 is 1. The van der Waals surface area contributed by atoms with Gasteiger partial charge in [0.15, 0.2) is 0 Å². The number of benzene rings is 1. The van der Waals surface area contributed by atoms with E-state index in [0.717, 1.165) is 0 Å². The van der Waals surface area contributed by atoms with Gasteiger partial charge in [0.05, 0.1) is 31.1 Å². The molecule has 6 heteroatoms. The Morgan fingerprint density at radius 1 is 1.28 bits per heavy atom. The van der Waals surface area contributed by atoms with Gasteiger partial charge in [0.1, 0.15) is 0 Å². The number of hydrogen-bond acceptors (Lipinski definition) is 5. The van der Waals surface area contributed by atoms with Crippen molar-refractivity contribution in [2.24, 2.45) is 0 Å². The minimum atomic E-state index is -0.150. The normalized spacial score (nSPS) is 10.1. The molecular weight excluding hydrogens is 252 g/mol. The van der Waals surface area contributed by atoms with E-state index in [1.807, 2.05) is 6.07 Å². The summed E-state index contributed by atoms with van der Waals surface area (Å²) >= 11 is 3.95. The lowest BCUT2D eigenvalue weighted by atomic mass is 10.2. The van der Waals surface area contributed by atoms with E-state index in [9.17, 15) is 4.79 Å². The molecule has 0 unspecified atom stereocenters. The van der Waals surface area contributed by atoms with Gasteiger partial charge in [0.25, 0.3) is 5.91 Å². The maximum absolute atomic E-state index is 11.8. The summed E-state index contributed by atoms with van der Waals surface area (Å²) in [6.45, 7) is 2.01. The number of anilines is 1. The average Bonchev–Trinajstić information content (AvgIpc) is 2.42. The lowest BCUT2D eigenvalue weighted by Gasteiger charge is -2.09. The predicted octanol–water partition coefficient (Wildman–Crippen LogP) is 1.34. The molecule has 1 aromatic rings. The van der Waals surface area contributed by atoms with Crippen LogP contribution in [0.2, 0.25) is 0 Å². The molecular formula is C12H18N2O3S. The number of thiol groups is 1. The fraction of sp³-hybridized carbons (Fsp3) is 0.417. The molecule has 0 atom stereocenters. The van der Waals surface area contributed by atoms with E-state index in [0.29, 0.717) is 37.6 Å². The van der Waals surface area contributed by atoms with Crippen LogP contribution in [0.25, 0.3) is 0 Å². The number of carbonyl (C=O) groups excluding carboxylic acids is 1. The third kappa shape index (κ3) is 4.95. The fourth-order valence-corrected chi connectivity index (χ4v) is 1.55. The fourth-order valence-electron chi connectivity index (χ4n) is 1.35. The molecule has 5 nitrogen and oxygen atoms in total. The summed E-state index contributed by atoms with van der Waals surface area (Å²) in [5.74, 6) is -0.150. The summed E-state index contributed by atoms with van der Waals surface area (Å²) in [5.41, 5.74) is 1.24. The Morgan fingerprint density at radius 2 is 2.06 bits per heavy atom. The SMILES string of the molecule is COCCOCCNC(=O)c1ccccc1NS. The molecule has 0 radical (unpaired) electrons. The van der Waals surface area contributed by atoms with Gasteiger partial charge in [-0.15, -0.1) is 0 Å². The van der Waals surface area contributed by atoms with E-state index in [2.05, 4.69) is 22.9 Å². The van der Waals surface area contributed by atoms with Crippen molar-refractivity contribution in [3.05, 3.63) is 29.8 Å². The third-order valence-corrected chi connectivity index (χ3v) is 2.50. The summed E-state index contributed by atoms with van der Waals surface area (Å²) in [6, 6.07) is 7.17. The standard InChI is InChI=1S/C12H18N2O3S/c1-16-8-9-17-7-6-13-12(15)10-4-2-3-5-11(10)14-18/h2-5,14,18H,6-9H2,1H3,(H,13,15). The molecule has 0 aliphatic heterocycles. The zero-order valence-corrected chi connectivity index (χ0v) is 11.2. The summed E-state index contributed by atoms with van der Waals surface area (Å²) in [6.07, 6.45) is 0. The van der Waals surface area contributed by atoms with E-state index >= 15 is 0 Å². The number of amides is 1. The Kier molecular flexibility index (Phi) is 7.24. The molecule has 2 N–H and O–H groups in total. The van der Waals surface area contributed by atoms with E-state index in [1.54, 1.807) is 25.3 Å². The van der Waals surface area contributed by atoms with Crippen molar-refractivity contribution in [1.29, 1.82) is 0 Å². The Bertz CT molecular complexity index is 374. The smallest absolute Gasteiger partial charge is 0.253 e. The van der Waals surface area contributed by atoms with Crippen molar-refractivity contribution in [3.8, 4) is 0 Å². The monoisotopic (exact) mass is 270 g/mol. The summed E-state index contributed by atoms with van der Waals surface area (Å²) < 4.78 is 12.8. The number of ether oxygens (including phenoxy) is 2. The second-order valence-electron chi connectivity index (χ2n) is 3.52. The summed E-state index contributed by atoms with van der Waals surface area (Å²) in [4.78, 5) is 11.8. The van der Waals surface area contributed by atoms with Crippen LogP contribution in [0.5, 0.6) is 0 Å². The predicted molar refractivity (Wildman–Crippen MR) is 74.1 cm³/mol. The van der Waals surface area contributed by atoms with Crippen LogP contribution < -0.4 is 10.0 Å². The number of hydrogen-bond donors (Lipinski definition) is 3. The minimum absolute atomic E-state index is 0.150. The van der Waals surface area contributed by atoms with Gasteiger partial charge >= 0.3 is 0 Å². The van der Waals surface area contributed by atoms with Gasteiger partial charge in [0, 0.05) is 13.7 Å². The molecule has 0 saturated carbocycles. The highest BCUT2D eigenvalue weighted by molar-refractivity contribution is 7.81. The molecule has 0 saturated heterocycles. The van der Waals surface area contributed by atoms with Crippen LogP contribution in [0, 0.1) is 0 Å². The van der Waals surface area contributed by atoms with Crippen LogP contribution >= 0.6 is 12.8 Å². The molecule has 1 rings (SSSR count). The van der Waals surface area contributed by atoms with E-state index < -0.39 is 0 Å². The average molecular weight is 270 g/mol. The Morgan fingerprint density at radius 3 is 2.78 bits per heavy atom. The molecule has 100 valence electrons. The molecule has 0 heterocycles.